The van der Waals surface area contributed by atoms with Crippen LogP contribution in [-0.2, 0) is 16.2 Å². The Kier molecular flexibility index (Phi) is 5.78. The Balaban J connectivity index is 1.59. The van der Waals surface area contributed by atoms with E-state index in [1.807, 2.05) is 24.3 Å². The number of carbonyl (C=O) groups excluding carboxylic acids is 2. The van der Waals surface area contributed by atoms with Crippen molar-refractivity contribution in [3.05, 3.63) is 59.1 Å². The summed E-state index contributed by atoms with van der Waals surface area (Å²) in [5.74, 6) is 0.381. The Labute approximate surface area is 157 Å². The molecule has 0 aliphatic heterocycles. The predicted molar refractivity (Wildman–Crippen MR) is 101 cm³/mol. The molecule has 1 saturated carbocycles. The molecular weight excluding hydrogens is 352 g/mol. The zero-order valence-electron chi connectivity index (χ0n) is 14.6. The Morgan fingerprint density at radius 3 is 2.35 bits per heavy atom. The lowest BCUT2D eigenvalue weighted by molar-refractivity contribution is -0.123. The first kappa shape index (κ1) is 18.3. The molecule has 0 unspecified atom stereocenters. The quantitative estimate of drug-likeness (QED) is 0.808. The van der Waals surface area contributed by atoms with E-state index in [1.165, 1.54) is 11.8 Å². The monoisotopic (exact) mass is 372 g/mol. The van der Waals surface area contributed by atoms with Crippen molar-refractivity contribution < 1.29 is 14.3 Å². The summed E-state index contributed by atoms with van der Waals surface area (Å²) in [4.78, 5) is 25.4. The molecular formula is C20H21ClN2O3. The third kappa shape index (κ3) is 5.23. The van der Waals surface area contributed by atoms with Crippen LogP contribution < -0.4 is 15.0 Å². The van der Waals surface area contributed by atoms with Gasteiger partial charge in [-0.15, -0.1) is 0 Å². The number of halogens is 1. The lowest BCUT2D eigenvalue weighted by Crippen LogP contribution is -2.40. The molecule has 2 aromatic rings. The van der Waals surface area contributed by atoms with Crippen LogP contribution in [0, 0.1) is 0 Å². The van der Waals surface area contributed by atoms with Crippen molar-refractivity contribution in [2.75, 3.05) is 11.4 Å². The number of anilines is 1. The van der Waals surface area contributed by atoms with Gasteiger partial charge < -0.3 is 15.0 Å². The van der Waals surface area contributed by atoms with E-state index >= 15 is 0 Å². The third-order valence-electron chi connectivity index (χ3n) is 4.09. The van der Waals surface area contributed by atoms with Gasteiger partial charge in [0.25, 0.3) is 0 Å². The van der Waals surface area contributed by atoms with Gasteiger partial charge in [-0.3, -0.25) is 9.59 Å². The SMILES string of the molecule is CC(=O)N(CC(=O)NC1CC1)c1ccc(OCc2ccc(Cl)cc2)cc1. The lowest BCUT2D eigenvalue weighted by atomic mass is 10.2. The normalized spacial score (nSPS) is 13.2. The van der Waals surface area contributed by atoms with E-state index in [2.05, 4.69) is 5.32 Å². The molecule has 1 N–H and O–H groups in total. The number of amides is 2. The number of nitrogens with one attached hydrogen (secondary N) is 1. The van der Waals surface area contributed by atoms with Gasteiger partial charge in [0.1, 0.15) is 18.9 Å². The van der Waals surface area contributed by atoms with E-state index in [0.29, 0.717) is 23.1 Å². The number of rotatable bonds is 7. The molecule has 3 rings (SSSR count). The third-order valence-corrected chi connectivity index (χ3v) is 4.34. The molecule has 0 aromatic heterocycles. The number of ether oxygens (including phenoxy) is 1. The summed E-state index contributed by atoms with van der Waals surface area (Å²) in [6.45, 7) is 1.91. The molecule has 1 aliphatic carbocycles. The van der Waals surface area contributed by atoms with Crippen LogP contribution in [0.4, 0.5) is 5.69 Å². The van der Waals surface area contributed by atoms with Crippen molar-refractivity contribution >= 4 is 29.1 Å². The second-order valence-electron chi connectivity index (χ2n) is 6.36. The van der Waals surface area contributed by atoms with Crippen molar-refractivity contribution in [1.29, 1.82) is 0 Å². The molecule has 0 radical (unpaired) electrons. The van der Waals surface area contributed by atoms with Crippen LogP contribution in [0.25, 0.3) is 0 Å². The number of hydrogen-bond acceptors (Lipinski definition) is 3. The standard InChI is InChI=1S/C20H21ClN2O3/c1-14(24)23(12-20(25)22-17-6-7-17)18-8-10-19(11-9-18)26-13-15-2-4-16(21)5-3-15/h2-5,8-11,17H,6-7,12-13H2,1H3,(H,22,25). The molecule has 26 heavy (non-hydrogen) atoms. The van der Waals surface area contributed by atoms with Crippen molar-refractivity contribution in [2.24, 2.45) is 0 Å². The van der Waals surface area contributed by atoms with E-state index in [-0.39, 0.29) is 24.4 Å². The summed E-state index contributed by atoms with van der Waals surface area (Å²) in [7, 11) is 0. The molecule has 2 amide bonds. The smallest absolute Gasteiger partial charge is 0.240 e. The van der Waals surface area contributed by atoms with Crippen LogP contribution in [0.15, 0.2) is 48.5 Å². The fraction of sp³-hybridized carbons (Fsp3) is 0.300. The van der Waals surface area contributed by atoms with E-state index in [4.69, 9.17) is 16.3 Å². The van der Waals surface area contributed by atoms with Gasteiger partial charge in [-0.1, -0.05) is 23.7 Å². The number of carbonyl (C=O) groups is 2. The fourth-order valence-electron chi connectivity index (χ4n) is 2.50. The average molecular weight is 373 g/mol. The van der Waals surface area contributed by atoms with Crippen LogP contribution in [0.2, 0.25) is 5.02 Å². The molecule has 5 nitrogen and oxygen atoms in total. The first-order valence-electron chi connectivity index (χ1n) is 8.56. The molecule has 0 atom stereocenters. The van der Waals surface area contributed by atoms with Gasteiger partial charge in [0, 0.05) is 23.7 Å². The first-order chi connectivity index (χ1) is 12.5. The van der Waals surface area contributed by atoms with E-state index in [1.54, 1.807) is 24.3 Å². The minimum atomic E-state index is -0.175. The number of nitrogens with zero attached hydrogens (tertiary/aromatic N) is 1. The zero-order chi connectivity index (χ0) is 18.5. The predicted octanol–water partition coefficient (Wildman–Crippen LogP) is 3.55. The molecule has 0 bridgehead atoms. The molecule has 0 saturated heterocycles. The Morgan fingerprint density at radius 1 is 1.12 bits per heavy atom. The molecule has 1 aliphatic rings. The highest BCUT2D eigenvalue weighted by atomic mass is 35.5. The van der Waals surface area contributed by atoms with Crippen molar-refractivity contribution in [2.45, 2.75) is 32.4 Å². The van der Waals surface area contributed by atoms with E-state index < -0.39 is 0 Å². The van der Waals surface area contributed by atoms with Gasteiger partial charge >= 0.3 is 0 Å². The van der Waals surface area contributed by atoms with Crippen LogP contribution in [0.3, 0.4) is 0 Å². The minimum Gasteiger partial charge on any atom is -0.489 e. The second kappa shape index (κ2) is 8.23. The minimum absolute atomic E-state index is 0.0246. The molecule has 136 valence electrons. The van der Waals surface area contributed by atoms with E-state index in [0.717, 1.165) is 18.4 Å². The fourth-order valence-corrected chi connectivity index (χ4v) is 2.62. The van der Waals surface area contributed by atoms with Crippen LogP contribution >= 0.6 is 11.6 Å². The lowest BCUT2D eigenvalue weighted by Gasteiger charge is -2.21. The van der Waals surface area contributed by atoms with Crippen LogP contribution in [-0.4, -0.2) is 24.4 Å². The topological polar surface area (TPSA) is 58.6 Å². The molecule has 6 heteroatoms. The Hall–Kier alpha value is -2.53. The summed E-state index contributed by atoms with van der Waals surface area (Å²) < 4.78 is 5.74. The molecule has 0 heterocycles. The van der Waals surface area contributed by atoms with Gasteiger partial charge in [0.2, 0.25) is 11.8 Å². The summed E-state index contributed by atoms with van der Waals surface area (Å²) in [5, 5.41) is 3.58. The molecule has 1 fully saturated rings. The summed E-state index contributed by atoms with van der Waals surface area (Å²) in [5.41, 5.74) is 1.68. The Bertz CT molecular complexity index is 771. The second-order valence-corrected chi connectivity index (χ2v) is 6.79. The Morgan fingerprint density at radius 2 is 1.77 bits per heavy atom. The van der Waals surface area contributed by atoms with Crippen molar-refractivity contribution in [3.8, 4) is 5.75 Å². The molecule has 0 spiro atoms. The maximum absolute atomic E-state index is 12.0. The first-order valence-corrected chi connectivity index (χ1v) is 8.94. The van der Waals surface area contributed by atoms with E-state index in [9.17, 15) is 9.59 Å². The van der Waals surface area contributed by atoms with Gasteiger partial charge in [0.15, 0.2) is 0 Å². The van der Waals surface area contributed by atoms with Gasteiger partial charge in [-0.2, -0.15) is 0 Å². The van der Waals surface area contributed by atoms with Crippen molar-refractivity contribution in [3.63, 3.8) is 0 Å². The highest BCUT2D eigenvalue weighted by molar-refractivity contribution is 6.30. The van der Waals surface area contributed by atoms with Gasteiger partial charge in [0.05, 0.1) is 0 Å². The summed E-state index contributed by atoms with van der Waals surface area (Å²) >= 11 is 5.87. The van der Waals surface area contributed by atoms with Crippen molar-refractivity contribution in [1.82, 2.24) is 5.32 Å². The zero-order valence-corrected chi connectivity index (χ0v) is 15.3. The number of benzene rings is 2. The van der Waals surface area contributed by atoms with Gasteiger partial charge in [-0.25, -0.2) is 0 Å². The number of hydrogen-bond donors (Lipinski definition) is 1. The van der Waals surface area contributed by atoms with Crippen LogP contribution in [0.1, 0.15) is 25.3 Å². The van der Waals surface area contributed by atoms with Gasteiger partial charge in [-0.05, 0) is 54.8 Å². The highest BCUT2D eigenvalue weighted by Gasteiger charge is 2.25. The van der Waals surface area contributed by atoms with Crippen LogP contribution in [0.5, 0.6) is 5.75 Å². The maximum Gasteiger partial charge on any atom is 0.240 e. The summed E-state index contributed by atoms with van der Waals surface area (Å²) in [6, 6.07) is 14.9. The summed E-state index contributed by atoms with van der Waals surface area (Å²) in [6.07, 6.45) is 2.04. The molecule has 2 aromatic carbocycles. The maximum atomic E-state index is 12.0. The highest BCUT2D eigenvalue weighted by Crippen LogP contribution is 2.22. The largest absolute Gasteiger partial charge is 0.489 e. The average Bonchev–Trinajstić information content (AvgIpc) is 3.43.